The lowest BCUT2D eigenvalue weighted by Crippen LogP contribution is -2.24. The van der Waals surface area contributed by atoms with Crippen molar-refractivity contribution < 1.29 is 13.2 Å². The van der Waals surface area contributed by atoms with E-state index in [4.69, 9.17) is 11.6 Å². The molecule has 2 atom stereocenters. The van der Waals surface area contributed by atoms with Gasteiger partial charge in [0.15, 0.2) is 11.6 Å². The van der Waals surface area contributed by atoms with E-state index in [1.54, 1.807) is 39.1 Å². The molecule has 0 radical (unpaired) electrons. The van der Waals surface area contributed by atoms with E-state index < -0.39 is 23.0 Å². The number of aryl methyl sites for hydroxylation is 3. The predicted octanol–water partition coefficient (Wildman–Crippen LogP) is 6.14. The Bertz CT molecular complexity index is 1870. The highest BCUT2D eigenvalue weighted by molar-refractivity contribution is 6.31. The predicted molar refractivity (Wildman–Crippen MR) is 144 cm³/mol. The molecule has 0 saturated heterocycles. The van der Waals surface area contributed by atoms with Gasteiger partial charge in [-0.15, -0.1) is 10.2 Å². The Kier molecular flexibility index (Phi) is 6.29. The van der Waals surface area contributed by atoms with Gasteiger partial charge < -0.3 is 0 Å². The van der Waals surface area contributed by atoms with E-state index in [9.17, 15) is 9.18 Å². The summed E-state index contributed by atoms with van der Waals surface area (Å²) < 4.78 is 48.2. The van der Waals surface area contributed by atoms with Gasteiger partial charge in [0.05, 0.1) is 17.6 Å². The number of benzene rings is 1. The van der Waals surface area contributed by atoms with Crippen molar-refractivity contribution in [1.29, 1.82) is 0 Å². The second-order valence-corrected chi connectivity index (χ2v) is 10.3. The summed E-state index contributed by atoms with van der Waals surface area (Å²) in [6.45, 7) is 4.96. The van der Waals surface area contributed by atoms with E-state index in [0.29, 0.717) is 29.1 Å². The maximum absolute atomic E-state index is 16.2. The van der Waals surface area contributed by atoms with Crippen molar-refractivity contribution in [3.8, 4) is 22.6 Å². The van der Waals surface area contributed by atoms with Gasteiger partial charge >= 0.3 is 0 Å². The Morgan fingerprint density at radius 2 is 1.80 bits per heavy atom. The minimum atomic E-state index is -0.860. The Balaban J connectivity index is 1.44. The summed E-state index contributed by atoms with van der Waals surface area (Å²) in [5, 5.41) is 7.63. The minimum Gasteiger partial charge on any atom is -0.283 e. The molecule has 40 heavy (non-hydrogen) atoms. The number of hydrogen-bond donors (Lipinski definition) is 0. The molecule has 1 fully saturated rings. The van der Waals surface area contributed by atoms with Crippen LogP contribution in [0.5, 0.6) is 0 Å². The quantitative estimate of drug-likeness (QED) is 0.257. The highest BCUT2D eigenvalue weighted by Crippen LogP contribution is 2.55. The molecule has 1 saturated carbocycles. The van der Waals surface area contributed by atoms with Gasteiger partial charge in [-0.1, -0.05) is 17.7 Å². The number of aromatic nitrogens is 6. The molecule has 1 aliphatic rings. The van der Waals surface area contributed by atoms with Crippen molar-refractivity contribution in [1.82, 2.24) is 29.3 Å². The Hall–Kier alpha value is -4.31. The molecule has 11 heteroatoms. The summed E-state index contributed by atoms with van der Waals surface area (Å²) in [7, 11) is 0. The van der Waals surface area contributed by atoms with E-state index in [-0.39, 0.29) is 39.5 Å². The van der Waals surface area contributed by atoms with Crippen molar-refractivity contribution in [2.75, 3.05) is 0 Å². The highest BCUT2D eigenvalue weighted by atomic mass is 35.5. The van der Waals surface area contributed by atoms with Gasteiger partial charge in [0.25, 0.3) is 5.56 Å². The third-order valence-corrected chi connectivity index (χ3v) is 7.70. The fourth-order valence-corrected chi connectivity index (χ4v) is 5.54. The number of pyridine rings is 3. The second-order valence-electron chi connectivity index (χ2n) is 9.92. The third kappa shape index (κ3) is 4.19. The molecule has 0 amide bonds. The van der Waals surface area contributed by atoms with Crippen LogP contribution in [-0.4, -0.2) is 29.3 Å². The van der Waals surface area contributed by atoms with E-state index in [2.05, 4.69) is 20.2 Å². The van der Waals surface area contributed by atoms with E-state index in [1.807, 2.05) is 0 Å². The molecule has 1 aliphatic carbocycles. The third-order valence-electron chi connectivity index (χ3n) is 7.32. The first kappa shape index (κ1) is 25.9. The summed E-state index contributed by atoms with van der Waals surface area (Å²) in [6.07, 6.45) is 6.18. The van der Waals surface area contributed by atoms with E-state index in [0.717, 1.165) is 11.8 Å². The van der Waals surface area contributed by atoms with Crippen molar-refractivity contribution in [2.45, 2.75) is 39.0 Å². The van der Waals surface area contributed by atoms with Crippen LogP contribution in [0.2, 0.25) is 5.02 Å². The average Bonchev–Trinajstić information content (AvgIpc) is 3.61. The van der Waals surface area contributed by atoms with Gasteiger partial charge in [-0.3, -0.25) is 23.9 Å². The van der Waals surface area contributed by atoms with Crippen LogP contribution in [0.3, 0.4) is 0 Å². The first-order valence-electron chi connectivity index (χ1n) is 12.5. The van der Waals surface area contributed by atoms with Crippen LogP contribution in [0.25, 0.3) is 22.6 Å². The smallest absolute Gasteiger partial charge is 0.274 e. The van der Waals surface area contributed by atoms with Crippen molar-refractivity contribution in [3.05, 3.63) is 116 Å². The standard InChI is InChI=1S/C29H22ClF3N6O/c1-14-10-35-27(19-5-4-6-23(25(19)32)38-13-36-37-16(38)3)26(33)28(14)39-15(2)7-22(24(30)29(39)40)21-9-20(21)17-8-18(31)12-34-11-17/h4-8,10-13,20-21H,9H2,1-3H3/t20-,21+/m1/s1. The lowest BCUT2D eigenvalue weighted by molar-refractivity contribution is 0.598. The van der Waals surface area contributed by atoms with Crippen LogP contribution in [0.15, 0.2) is 60.0 Å². The minimum absolute atomic E-state index is 0.0223. The molecule has 0 bridgehead atoms. The molecule has 5 aromatic rings. The number of halogens is 4. The molecule has 7 nitrogen and oxygen atoms in total. The van der Waals surface area contributed by atoms with E-state index >= 15 is 8.78 Å². The monoisotopic (exact) mass is 562 g/mol. The number of rotatable bonds is 5. The van der Waals surface area contributed by atoms with Crippen molar-refractivity contribution in [2.24, 2.45) is 0 Å². The van der Waals surface area contributed by atoms with Crippen LogP contribution in [0.1, 0.15) is 46.5 Å². The lowest BCUT2D eigenvalue weighted by atomic mass is 10.0. The SMILES string of the molecule is Cc1cnc(-c2cccc(-n3cnnc3C)c2F)c(F)c1-n1c(C)cc([C@H]2C[C@@H]2c2cncc(F)c2)c(Cl)c1=O. The lowest BCUT2D eigenvalue weighted by Gasteiger charge is -2.18. The molecule has 0 N–H and O–H groups in total. The fraction of sp³-hybridized carbons (Fsp3) is 0.207. The van der Waals surface area contributed by atoms with Crippen LogP contribution in [0.4, 0.5) is 13.2 Å². The van der Waals surface area contributed by atoms with Crippen LogP contribution in [-0.2, 0) is 0 Å². The highest BCUT2D eigenvalue weighted by Gasteiger charge is 2.42. The first-order chi connectivity index (χ1) is 19.2. The van der Waals surface area contributed by atoms with Crippen LogP contribution >= 0.6 is 11.6 Å². The largest absolute Gasteiger partial charge is 0.283 e. The maximum atomic E-state index is 16.2. The number of hydrogen-bond acceptors (Lipinski definition) is 5. The fourth-order valence-electron chi connectivity index (χ4n) is 5.27. The summed E-state index contributed by atoms with van der Waals surface area (Å²) in [4.78, 5) is 21.7. The van der Waals surface area contributed by atoms with E-state index in [1.165, 1.54) is 39.9 Å². The Labute approximate surface area is 232 Å². The zero-order valence-electron chi connectivity index (χ0n) is 21.7. The van der Waals surface area contributed by atoms with Crippen molar-refractivity contribution in [3.63, 3.8) is 0 Å². The summed E-state index contributed by atoms with van der Waals surface area (Å²) in [6, 6.07) is 7.70. The maximum Gasteiger partial charge on any atom is 0.274 e. The second kappa shape index (κ2) is 9.71. The van der Waals surface area contributed by atoms with Gasteiger partial charge in [-0.2, -0.15) is 0 Å². The van der Waals surface area contributed by atoms with Gasteiger partial charge in [0.2, 0.25) is 0 Å². The van der Waals surface area contributed by atoms with Gasteiger partial charge in [0, 0.05) is 23.7 Å². The Morgan fingerprint density at radius 1 is 1.00 bits per heavy atom. The summed E-state index contributed by atoms with van der Waals surface area (Å²) in [5.74, 6) is -1.66. The molecular formula is C29H22ClF3N6O. The molecule has 0 spiro atoms. The molecule has 0 aliphatic heterocycles. The molecule has 6 rings (SSSR count). The van der Waals surface area contributed by atoms with Gasteiger partial charge in [-0.25, -0.2) is 13.2 Å². The zero-order chi connectivity index (χ0) is 28.3. The summed E-state index contributed by atoms with van der Waals surface area (Å²) in [5.41, 5.74) is 1.30. The van der Waals surface area contributed by atoms with Crippen molar-refractivity contribution >= 4 is 11.6 Å². The van der Waals surface area contributed by atoms with Crippen LogP contribution < -0.4 is 5.56 Å². The Morgan fingerprint density at radius 3 is 2.52 bits per heavy atom. The first-order valence-corrected chi connectivity index (χ1v) is 12.9. The zero-order valence-corrected chi connectivity index (χ0v) is 22.4. The molecule has 202 valence electrons. The molecule has 4 heterocycles. The van der Waals surface area contributed by atoms with Gasteiger partial charge in [0.1, 0.15) is 28.7 Å². The molecule has 0 unspecified atom stereocenters. The topological polar surface area (TPSA) is 78.5 Å². The number of nitrogens with zero attached hydrogens (tertiary/aromatic N) is 6. The van der Waals surface area contributed by atoms with Crippen LogP contribution in [0, 0.1) is 38.2 Å². The molecular weight excluding hydrogens is 541 g/mol. The summed E-state index contributed by atoms with van der Waals surface area (Å²) >= 11 is 6.58. The average molecular weight is 563 g/mol. The molecule has 4 aromatic heterocycles. The van der Waals surface area contributed by atoms with Gasteiger partial charge in [-0.05, 0) is 80.0 Å². The molecule has 1 aromatic carbocycles. The normalized spacial score (nSPS) is 16.4.